The highest BCUT2D eigenvalue weighted by Gasteiger charge is 2.24. The Morgan fingerprint density at radius 2 is 1.47 bits per heavy atom. The van der Waals surface area contributed by atoms with Crippen LogP contribution in [-0.4, -0.2) is 47.0 Å². The summed E-state index contributed by atoms with van der Waals surface area (Å²) in [4.78, 5) is 26.5. The van der Waals surface area contributed by atoms with Gasteiger partial charge in [-0.15, -0.1) is 0 Å². The van der Waals surface area contributed by atoms with Crippen LogP contribution in [0, 0.1) is 0 Å². The van der Waals surface area contributed by atoms with Crippen molar-refractivity contribution in [2.45, 2.75) is 0 Å². The third kappa shape index (κ3) is 4.14. The highest BCUT2D eigenvalue weighted by Crippen LogP contribution is 2.30. The van der Waals surface area contributed by atoms with Gasteiger partial charge in [-0.3, -0.25) is 4.79 Å². The second-order valence-corrected chi connectivity index (χ2v) is 8.56. The molecule has 0 atom stereocenters. The first-order chi connectivity index (χ1) is 15.6. The number of nitrogens with zero attached hydrogens (tertiary/aromatic N) is 4. The molecule has 5 rings (SSSR count). The molecule has 160 valence electrons. The summed E-state index contributed by atoms with van der Waals surface area (Å²) in [7, 11) is 0. The first-order valence-corrected chi connectivity index (χ1v) is 11.2. The molecule has 2 heterocycles. The third-order valence-corrected chi connectivity index (χ3v) is 6.12. The van der Waals surface area contributed by atoms with E-state index in [0.29, 0.717) is 47.7 Å². The molecule has 0 unspecified atom stereocenters. The second kappa shape index (κ2) is 8.77. The summed E-state index contributed by atoms with van der Waals surface area (Å²) in [5, 5.41) is 2.22. The van der Waals surface area contributed by atoms with Gasteiger partial charge in [-0.2, -0.15) is 0 Å². The van der Waals surface area contributed by atoms with Gasteiger partial charge in [0.15, 0.2) is 0 Å². The highest BCUT2D eigenvalue weighted by molar-refractivity contribution is 6.31. The molecule has 3 aromatic carbocycles. The topological polar surface area (TPSA) is 49.3 Å². The number of rotatable bonds is 3. The van der Waals surface area contributed by atoms with Crippen LogP contribution in [-0.2, 0) is 0 Å². The van der Waals surface area contributed by atoms with E-state index in [1.165, 1.54) is 0 Å². The highest BCUT2D eigenvalue weighted by atomic mass is 35.5. The normalized spacial score (nSPS) is 14.1. The van der Waals surface area contributed by atoms with Crippen LogP contribution >= 0.6 is 23.2 Å². The summed E-state index contributed by atoms with van der Waals surface area (Å²) in [5.41, 5.74) is 3.36. The molecule has 1 fully saturated rings. The Morgan fingerprint density at radius 3 is 2.19 bits per heavy atom. The van der Waals surface area contributed by atoms with E-state index in [1.54, 1.807) is 24.3 Å². The number of benzene rings is 3. The van der Waals surface area contributed by atoms with Crippen LogP contribution in [0.15, 0.2) is 72.8 Å². The Morgan fingerprint density at radius 1 is 0.781 bits per heavy atom. The SMILES string of the molecule is O=C(c1ccc(Cl)cc1)N1CCN(c2nc(-c3ccccc3)c3ccc(Cl)cc3n2)CC1. The number of hydrogen-bond donors (Lipinski definition) is 0. The van der Waals surface area contributed by atoms with Gasteiger partial charge in [0.1, 0.15) is 0 Å². The molecule has 0 saturated carbocycles. The van der Waals surface area contributed by atoms with Gasteiger partial charge in [-0.25, -0.2) is 9.97 Å². The van der Waals surface area contributed by atoms with Gasteiger partial charge in [0, 0.05) is 52.7 Å². The molecule has 4 aromatic rings. The number of aromatic nitrogens is 2. The summed E-state index contributed by atoms with van der Waals surface area (Å²) >= 11 is 12.2. The molecule has 0 spiro atoms. The molecule has 5 nitrogen and oxygen atoms in total. The minimum atomic E-state index is 0.0116. The van der Waals surface area contributed by atoms with Crippen molar-refractivity contribution >= 4 is 46.0 Å². The zero-order valence-electron chi connectivity index (χ0n) is 17.2. The van der Waals surface area contributed by atoms with E-state index in [4.69, 9.17) is 33.2 Å². The average molecular weight is 463 g/mol. The van der Waals surface area contributed by atoms with Gasteiger partial charge in [0.05, 0.1) is 11.2 Å². The molecule has 1 amide bonds. The second-order valence-electron chi connectivity index (χ2n) is 7.69. The minimum absolute atomic E-state index is 0.0116. The predicted molar refractivity (Wildman–Crippen MR) is 130 cm³/mol. The van der Waals surface area contributed by atoms with Crippen molar-refractivity contribution in [1.82, 2.24) is 14.9 Å². The van der Waals surface area contributed by atoms with Crippen LogP contribution in [0.25, 0.3) is 22.2 Å². The van der Waals surface area contributed by atoms with Crippen molar-refractivity contribution in [2.75, 3.05) is 31.1 Å². The van der Waals surface area contributed by atoms with E-state index in [9.17, 15) is 4.79 Å². The maximum absolute atomic E-state index is 12.8. The van der Waals surface area contributed by atoms with E-state index in [1.807, 2.05) is 53.4 Å². The average Bonchev–Trinajstić information content (AvgIpc) is 2.84. The van der Waals surface area contributed by atoms with Crippen LogP contribution in [0.3, 0.4) is 0 Å². The Balaban J connectivity index is 1.42. The third-order valence-electron chi connectivity index (χ3n) is 5.64. The zero-order chi connectivity index (χ0) is 22.1. The Hall–Kier alpha value is -3.15. The first-order valence-electron chi connectivity index (χ1n) is 10.4. The molecule has 1 aliphatic heterocycles. The molecule has 0 N–H and O–H groups in total. The van der Waals surface area contributed by atoms with Crippen molar-refractivity contribution in [2.24, 2.45) is 0 Å². The van der Waals surface area contributed by atoms with Gasteiger partial charge in [0.25, 0.3) is 5.91 Å². The zero-order valence-corrected chi connectivity index (χ0v) is 18.7. The maximum atomic E-state index is 12.8. The van der Waals surface area contributed by atoms with Crippen molar-refractivity contribution < 1.29 is 4.79 Å². The number of amides is 1. The van der Waals surface area contributed by atoms with E-state index in [2.05, 4.69) is 4.90 Å². The van der Waals surface area contributed by atoms with Gasteiger partial charge in [-0.05, 0) is 42.5 Å². The molecule has 0 aliphatic carbocycles. The van der Waals surface area contributed by atoms with E-state index >= 15 is 0 Å². The number of anilines is 1. The molecule has 1 aromatic heterocycles. The molecule has 32 heavy (non-hydrogen) atoms. The lowest BCUT2D eigenvalue weighted by Crippen LogP contribution is -2.49. The van der Waals surface area contributed by atoms with Gasteiger partial charge in [0.2, 0.25) is 5.95 Å². The fourth-order valence-corrected chi connectivity index (χ4v) is 4.22. The maximum Gasteiger partial charge on any atom is 0.253 e. The lowest BCUT2D eigenvalue weighted by molar-refractivity contribution is 0.0746. The molecular weight excluding hydrogens is 443 g/mol. The van der Waals surface area contributed by atoms with Crippen molar-refractivity contribution in [3.8, 4) is 11.3 Å². The van der Waals surface area contributed by atoms with E-state index in [-0.39, 0.29) is 5.91 Å². The predicted octanol–water partition coefficient (Wildman–Crippen LogP) is 5.57. The quantitative estimate of drug-likeness (QED) is 0.399. The number of piperazine rings is 1. The summed E-state index contributed by atoms with van der Waals surface area (Å²) in [5.74, 6) is 0.662. The molecule has 1 aliphatic rings. The Bertz CT molecular complexity index is 1270. The number of fused-ring (bicyclic) bond motifs is 1. The lowest BCUT2D eigenvalue weighted by Gasteiger charge is -2.35. The van der Waals surface area contributed by atoms with E-state index < -0.39 is 0 Å². The van der Waals surface area contributed by atoms with E-state index in [0.717, 1.165) is 22.2 Å². The lowest BCUT2D eigenvalue weighted by atomic mass is 10.1. The van der Waals surface area contributed by atoms with Crippen molar-refractivity contribution in [1.29, 1.82) is 0 Å². The summed E-state index contributed by atoms with van der Waals surface area (Å²) < 4.78 is 0. The van der Waals surface area contributed by atoms with Crippen LogP contribution in [0.2, 0.25) is 10.0 Å². The van der Waals surface area contributed by atoms with Gasteiger partial charge >= 0.3 is 0 Å². The molecule has 1 saturated heterocycles. The molecule has 0 radical (unpaired) electrons. The summed E-state index contributed by atoms with van der Waals surface area (Å²) in [6.45, 7) is 2.50. The Kier molecular flexibility index (Phi) is 5.68. The first kappa shape index (κ1) is 20.7. The smallest absolute Gasteiger partial charge is 0.253 e. The van der Waals surface area contributed by atoms with Gasteiger partial charge < -0.3 is 9.80 Å². The van der Waals surface area contributed by atoms with Crippen LogP contribution in [0.4, 0.5) is 5.95 Å². The Labute approximate surface area is 196 Å². The van der Waals surface area contributed by atoms with Crippen molar-refractivity contribution in [3.05, 3.63) is 88.4 Å². The monoisotopic (exact) mass is 462 g/mol. The minimum Gasteiger partial charge on any atom is -0.337 e. The summed E-state index contributed by atoms with van der Waals surface area (Å²) in [6, 6.07) is 22.8. The van der Waals surface area contributed by atoms with Crippen LogP contribution < -0.4 is 4.90 Å². The number of carbonyl (C=O) groups is 1. The number of carbonyl (C=O) groups excluding carboxylic acids is 1. The molecular formula is C25H20Cl2N4O. The van der Waals surface area contributed by atoms with Crippen LogP contribution in [0.1, 0.15) is 10.4 Å². The van der Waals surface area contributed by atoms with Crippen molar-refractivity contribution in [3.63, 3.8) is 0 Å². The van der Waals surface area contributed by atoms with Gasteiger partial charge in [-0.1, -0.05) is 53.5 Å². The fraction of sp³-hybridized carbons (Fsp3) is 0.160. The molecule has 0 bridgehead atoms. The van der Waals surface area contributed by atoms with Crippen LogP contribution in [0.5, 0.6) is 0 Å². The summed E-state index contributed by atoms with van der Waals surface area (Å²) in [6.07, 6.45) is 0. The number of halogens is 2. The number of hydrogen-bond acceptors (Lipinski definition) is 4. The molecule has 7 heteroatoms. The fourth-order valence-electron chi connectivity index (χ4n) is 3.93. The standard InChI is InChI=1S/C25H20Cl2N4O/c26-19-8-6-18(7-9-19)24(32)30-12-14-31(15-13-30)25-28-22-16-20(27)10-11-21(22)23(29-25)17-4-2-1-3-5-17/h1-11,16H,12-15H2. The largest absolute Gasteiger partial charge is 0.337 e.